The number of halogens is 1. The second-order valence-corrected chi connectivity index (χ2v) is 6.28. The van der Waals surface area contributed by atoms with Gasteiger partial charge in [-0.15, -0.1) is 5.10 Å². The van der Waals surface area contributed by atoms with Crippen LogP contribution in [-0.2, 0) is 9.53 Å². The van der Waals surface area contributed by atoms with Crippen LogP contribution in [0.1, 0.15) is 36.8 Å². The number of carboxylic acids is 1. The molecule has 3 rings (SSSR count). The molecule has 0 radical (unpaired) electrons. The summed E-state index contributed by atoms with van der Waals surface area (Å²) < 4.78 is 5.76. The molecule has 0 saturated carbocycles. The Morgan fingerprint density at radius 3 is 2.69 bits per heavy atom. The van der Waals surface area contributed by atoms with Gasteiger partial charge < -0.3 is 15.2 Å². The van der Waals surface area contributed by atoms with E-state index in [1.807, 2.05) is 6.92 Å². The van der Waals surface area contributed by atoms with Crippen molar-refractivity contribution in [3.05, 3.63) is 57.9 Å². The molecule has 0 spiro atoms. The lowest BCUT2D eigenvalue weighted by Crippen LogP contribution is -2.23. The van der Waals surface area contributed by atoms with Crippen molar-refractivity contribution in [3.8, 4) is 0 Å². The van der Waals surface area contributed by atoms with E-state index in [1.54, 1.807) is 24.3 Å². The van der Waals surface area contributed by atoms with E-state index in [1.165, 1.54) is 13.3 Å². The predicted molar refractivity (Wildman–Crippen MR) is 96.5 cm³/mol. The third-order valence-corrected chi connectivity index (χ3v) is 4.59. The smallest absolute Gasteiger partial charge is 0.434 e. The topological polar surface area (TPSA) is 93.5 Å². The summed E-state index contributed by atoms with van der Waals surface area (Å²) >= 11 is 6.36. The largest absolute Gasteiger partial charge is 0.478 e. The van der Waals surface area contributed by atoms with Crippen LogP contribution in [0.3, 0.4) is 0 Å². The number of carbonyl (C=O) groups excluding carboxylic acids is 1. The molecule has 7 nitrogen and oxygen atoms in total. The van der Waals surface area contributed by atoms with Crippen LogP contribution in [0.2, 0.25) is 5.02 Å². The lowest BCUT2D eigenvalue weighted by molar-refractivity contribution is -0.133. The lowest BCUT2D eigenvalue weighted by Gasteiger charge is -2.27. The highest BCUT2D eigenvalue weighted by Gasteiger charge is 2.36. The summed E-state index contributed by atoms with van der Waals surface area (Å²) in [5.41, 5.74) is 1.97. The van der Waals surface area contributed by atoms with Crippen LogP contribution < -0.4 is 5.32 Å². The number of hydrogen-bond acceptors (Lipinski definition) is 5. The van der Waals surface area contributed by atoms with Crippen LogP contribution >= 0.6 is 11.6 Å². The minimum atomic E-state index is -1.04. The van der Waals surface area contributed by atoms with Gasteiger partial charge in [-0.2, -0.15) is 4.68 Å². The number of aromatic nitrogens is 2. The number of nitrogens with one attached hydrogen (secondary N) is 1. The van der Waals surface area contributed by atoms with E-state index in [0.717, 1.165) is 11.1 Å². The highest BCUT2D eigenvalue weighted by atomic mass is 35.5. The second kappa shape index (κ2) is 7.21. The zero-order valence-electron chi connectivity index (χ0n) is 14.3. The van der Waals surface area contributed by atoms with Crippen molar-refractivity contribution in [2.24, 2.45) is 0 Å². The number of benzene rings is 1. The van der Waals surface area contributed by atoms with E-state index in [9.17, 15) is 14.7 Å². The molecule has 0 aliphatic carbocycles. The van der Waals surface area contributed by atoms with Gasteiger partial charge in [-0.3, -0.25) is 0 Å². The monoisotopic (exact) mass is 375 g/mol. The molecule has 2 aromatic rings. The summed E-state index contributed by atoms with van der Waals surface area (Å²) in [5.74, 6) is -1.26. The Kier molecular flexibility index (Phi) is 4.99. The SMILES string of the molecule is CCCC1=C(C(=O)O)C(c2ccccc2Cl)c2cn(C(=O)OC)nc2N1. The van der Waals surface area contributed by atoms with Crippen molar-refractivity contribution < 1.29 is 19.4 Å². The summed E-state index contributed by atoms with van der Waals surface area (Å²) in [5, 5.41) is 17.6. The van der Waals surface area contributed by atoms with Gasteiger partial charge in [0.25, 0.3) is 0 Å². The number of anilines is 1. The third-order valence-electron chi connectivity index (χ3n) is 4.24. The average Bonchev–Trinajstić information content (AvgIpc) is 3.04. The van der Waals surface area contributed by atoms with Gasteiger partial charge in [-0.1, -0.05) is 43.1 Å². The molecule has 2 N–H and O–H groups in total. The first-order chi connectivity index (χ1) is 12.5. The van der Waals surface area contributed by atoms with Gasteiger partial charge in [0.2, 0.25) is 0 Å². The predicted octanol–water partition coefficient (Wildman–Crippen LogP) is 3.85. The van der Waals surface area contributed by atoms with Crippen LogP contribution in [0.4, 0.5) is 10.6 Å². The fourth-order valence-electron chi connectivity index (χ4n) is 3.15. The zero-order chi connectivity index (χ0) is 18.8. The molecular formula is C18H18ClN3O4. The number of aliphatic carboxylic acids is 1. The van der Waals surface area contributed by atoms with Crippen LogP contribution in [0.5, 0.6) is 0 Å². The molecule has 0 fully saturated rings. The summed E-state index contributed by atoms with van der Waals surface area (Å²) in [7, 11) is 1.26. The zero-order valence-corrected chi connectivity index (χ0v) is 15.1. The molecule has 0 saturated heterocycles. The van der Waals surface area contributed by atoms with Crippen molar-refractivity contribution in [3.63, 3.8) is 0 Å². The molecule has 0 amide bonds. The molecule has 1 aliphatic rings. The molecule has 1 aliphatic heterocycles. The van der Waals surface area contributed by atoms with Crippen molar-refractivity contribution in [1.82, 2.24) is 9.78 Å². The number of rotatable bonds is 4. The van der Waals surface area contributed by atoms with E-state index in [-0.39, 0.29) is 5.57 Å². The second-order valence-electron chi connectivity index (χ2n) is 5.87. The maximum Gasteiger partial charge on any atom is 0.434 e. The number of fused-ring (bicyclic) bond motifs is 1. The molecule has 1 unspecified atom stereocenters. The van der Waals surface area contributed by atoms with Gasteiger partial charge >= 0.3 is 12.1 Å². The summed E-state index contributed by atoms with van der Waals surface area (Å²) in [6.45, 7) is 1.96. The van der Waals surface area contributed by atoms with Gasteiger partial charge in [0.15, 0.2) is 5.82 Å². The normalized spacial score (nSPS) is 16.0. The fourth-order valence-corrected chi connectivity index (χ4v) is 3.40. The number of carbonyl (C=O) groups is 2. The van der Waals surface area contributed by atoms with Crippen molar-refractivity contribution in [1.29, 1.82) is 0 Å². The summed E-state index contributed by atoms with van der Waals surface area (Å²) in [6.07, 6.45) is 2.11. The molecule has 0 bridgehead atoms. The highest BCUT2D eigenvalue weighted by molar-refractivity contribution is 6.31. The maximum atomic E-state index is 12.1. The Morgan fingerprint density at radius 2 is 2.08 bits per heavy atom. The Hall–Kier alpha value is -2.80. The maximum absolute atomic E-state index is 12.1. The van der Waals surface area contributed by atoms with Crippen LogP contribution in [0.25, 0.3) is 0 Å². The minimum absolute atomic E-state index is 0.205. The summed E-state index contributed by atoms with van der Waals surface area (Å²) in [4.78, 5) is 23.9. The van der Waals surface area contributed by atoms with Crippen molar-refractivity contribution in [2.75, 3.05) is 12.4 Å². The van der Waals surface area contributed by atoms with Crippen molar-refractivity contribution >= 4 is 29.5 Å². The van der Waals surface area contributed by atoms with E-state index in [0.29, 0.717) is 34.1 Å². The van der Waals surface area contributed by atoms with Gasteiger partial charge in [0.05, 0.1) is 12.7 Å². The number of allylic oxidation sites excluding steroid dienone is 1. The standard InChI is InChI=1S/C18H18ClN3O4/c1-3-6-13-15(17(23)24)14(10-7-4-5-8-12(10)19)11-9-22(18(25)26-2)21-16(11)20-13/h4-5,7-9,14H,3,6H2,1-2H3,(H,20,21)(H,23,24). The average molecular weight is 376 g/mol. The Bertz CT molecular complexity index is 904. The van der Waals surface area contributed by atoms with Crippen molar-refractivity contribution in [2.45, 2.75) is 25.7 Å². The van der Waals surface area contributed by atoms with E-state index < -0.39 is 18.0 Å². The number of carboxylic acid groups (broad SMARTS) is 1. The third kappa shape index (κ3) is 3.06. The van der Waals surface area contributed by atoms with Gasteiger partial charge in [0, 0.05) is 28.4 Å². The Labute approximate surface area is 155 Å². The number of ether oxygens (including phenoxy) is 1. The van der Waals surface area contributed by atoms with Gasteiger partial charge in [0.1, 0.15) is 0 Å². The molecule has 1 aromatic heterocycles. The number of methoxy groups -OCH3 is 1. The van der Waals surface area contributed by atoms with Gasteiger partial charge in [-0.25, -0.2) is 9.59 Å². The van der Waals surface area contributed by atoms with Gasteiger partial charge in [-0.05, 0) is 18.1 Å². The Morgan fingerprint density at radius 1 is 1.35 bits per heavy atom. The molecule has 136 valence electrons. The first-order valence-electron chi connectivity index (χ1n) is 8.13. The molecule has 26 heavy (non-hydrogen) atoms. The first-order valence-corrected chi connectivity index (χ1v) is 8.51. The number of hydrogen-bond donors (Lipinski definition) is 2. The minimum Gasteiger partial charge on any atom is -0.478 e. The first kappa shape index (κ1) is 18.0. The van der Waals surface area contributed by atoms with E-state index >= 15 is 0 Å². The van der Waals surface area contributed by atoms with E-state index in [4.69, 9.17) is 16.3 Å². The lowest BCUT2D eigenvalue weighted by atomic mass is 9.82. The quantitative estimate of drug-likeness (QED) is 0.843. The van der Waals surface area contributed by atoms with Crippen LogP contribution in [-0.4, -0.2) is 34.1 Å². The molecule has 2 heterocycles. The molecule has 1 aromatic carbocycles. The number of nitrogens with zero attached hydrogens (tertiary/aromatic N) is 2. The molecular weight excluding hydrogens is 358 g/mol. The van der Waals surface area contributed by atoms with Crippen LogP contribution in [0, 0.1) is 0 Å². The van der Waals surface area contributed by atoms with Crippen LogP contribution in [0.15, 0.2) is 41.7 Å². The Balaban J connectivity index is 2.24. The van der Waals surface area contributed by atoms with E-state index in [2.05, 4.69) is 10.4 Å². The molecule has 8 heteroatoms. The summed E-state index contributed by atoms with van der Waals surface area (Å²) in [6, 6.07) is 7.07. The molecule has 1 atom stereocenters. The highest BCUT2D eigenvalue weighted by Crippen LogP contribution is 2.44. The fraction of sp³-hybridized carbons (Fsp3) is 0.278.